The molecule has 1 atom stereocenters. The van der Waals surface area contributed by atoms with E-state index in [9.17, 15) is 36.6 Å². The maximum absolute atomic E-state index is 13.5. The van der Waals surface area contributed by atoms with Crippen LogP contribution in [0.2, 0.25) is 5.02 Å². The molecule has 3 aliphatic carbocycles. The van der Waals surface area contributed by atoms with Gasteiger partial charge in [0.1, 0.15) is 23.1 Å². The molecule has 0 aliphatic heterocycles. The van der Waals surface area contributed by atoms with Crippen molar-refractivity contribution in [3.63, 3.8) is 0 Å². The van der Waals surface area contributed by atoms with Gasteiger partial charge in [-0.1, -0.05) is 11.6 Å². The summed E-state index contributed by atoms with van der Waals surface area (Å²) in [6.07, 6.45) is -4.21. The molecule has 0 spiro atoms. The Morgan fingerprint density at radius 3 is 2.08 bits per heavy atom. The molecule has 3 fully saturated rings. The molecule has 2 bridgehead atoms. The lowest BCUT2D eigenvalue weighted by Gasteiger charge is -2.56. The van der Waals surface area contributed by atoms with E-state index in [4.69, 9.17) is 21.1 Å². The molecule has 206 valence electrons. The van der Waals surface area contributed by atoms with Crippen LogP contribution >= 0.6 is 11.6 Å². The number of hydrogen-bond acceptors (Lipinski definition) is 5. The number of carbonyl (C=O) groups excluding carboxylic acids is 2. The van der Waals surface area contributed by atoms with Crippen molar-refractivity contribution in [2.45, 2.75) is 55.5 Å². The third kappa shape index (κ3) is 6.12. The molecule has 13 heteroatoms. The van der Waals surface area contributed by atoms with Crippen molar-refractivity contribution in [3.8, 4) is 11.5 Å². The second-order valence-electron chi connectivity index (χ2n) is 9.55. The number of alkyl halides is 3. The van der Waals surface area contributed by atoms with Crippen LogP contribution in [0.3, 0.4) is 0 Å². The predicted molar refractivity (Wildman–Crippen MR) is 125 cm³/mol. The fourth-order valence-electron chi connectivity index (χ4n) is 4.98. The van der Waals surface area contributed by atoms with Gasteiger partial charge in [0, 0.05) is 11.6 Å². The lowest BCUT2D eigenvalue weighted by molar-refractivity contribution is -0.140. The van der Waals surface area contributed by atoms with Crippen LogP contribution in [0.4, 0.5) is 22.0 Å². The Hall–Kier alpha value is -3.12. The minimum Gasteiger partial charge on any atom is -0.484 e. The molecular formula is C25H24ClF5N2O5. The molecule has 3 N–H and O–H groups in total. The van der Waals surface area contributed by atoms with E-state index in [1.165, 1.54) is 12.1 Å². The molecule has 0 radical (unpaired) electrons. The van der Waals surface area contributed by atoms with Gasteiger partial charge in [0.2, 0.25) is 0 Å². The first-order valence-corrected chi connectivity index (χ1v) is 12.1. The van der Waals surface area contributed by atoms with Gasteiger partial charge in [-0.2, -0.15) is 13.2 Å². The maximum atomic E-state index is 13.5. The lowest BCUT2D eigenvalue weighted by Crippen LogP contribution is -2.70. The van der Waals surface area contributed by atoms with Crippen LogP contribution in [0.25, 0.3) is 0 Å². The van der Waals surface area contributed by atoms with Crippen LogP contribution < -0.4 is 20.1 Å². The van der Waals surface area contributed by atoms with E-state index in [0.29, 0.717) is 37.8 Å². The summed E-state index contributed by atoms with van der Waals surface area (Å²) >= 11 is 5.62. The third-order valence-corrected chi connectivity index (χ3v) is 7.29. The molecule has 2 amide bonds. The molecule has 0 aromatic heterocycles. The Morgan fingerprint density at radius 2 is 1.50 bits per heavy atom. The smallest absolute Gasteiger partial charge is 0.419 e. The zero-order chi connectivity index (χ0) is 27.7. The minimum absolute atomic E-state index is 0.0820. The molecule has 2 aromatic rings. The van der Waals surface area contributed by atoms with Gasteiger partial charge in [-0.15, -0.1) is 0 Å². The topological polar surface area (TPSA) is 96.9 Å². The highest BCUT2D eigenvalue weighted by Crippen LogP contribution is 2.47. The van der Waals surface area contributed by atoms with E-state index < -0.39 is 65.6 Å². The largest absolute Gasteiger partial charge is 0.484 e. The van der Waals surface area contributed by atoms with Gasteiger partial charge in [0.05, 0.1) is 22.2 Å². The van der Waals surface area contributed by atoms with Gasteiger partial charge >= 0.3 is 6.18 Å². The summed E-state index contributed by atoms with van der Waals surface area (Å²) in [6.45, 7) is -1.01. The molecule has 0 saturated heterocycles. The number of carbonyl (C=O) groups is 2. The number of nitrogens with one attached hydrogen (secondary N) is 2. The Bertz CT molecular complexity index is 1220. The van der Waals surface area contributed by atoms with E-state index in [1.807, 2.05) is 0 Å². The van der Waals surface area contributed by atoms with E-state index in [1.54, 1.807) is 0 Å². The summed E-state index contributed by atoms with van der Waals surface area (Å²) in [7, 11) is 0. The SMILES string of the molecule is O=C(COc1ccc(F)c(C(F)(F)F)c1)NC12CCC(NC(=O)COc3ccc(Cl)c(F)c3)(CC1)[C@@H](O)C2. The monoisotopic (exact) mass is 562 g/mol. The Kier molecular flexibility index (Phi) is 7.76. The summed E-state index contributed by atoms with van der Waals surface area (Å²) < 4.78 is 76.1. The first-order valence-electron chi connectivity index (χ1n) is 11.7. The molecule has 2 aromatic carbocycles. The first kappa shape index (κ1) is 27.9. The molecule has 38 heavy (non-hydrogen) atoms. The van der Waals surface area contributed by atoms with Crippen molar-refractivity contribution in [1.82, 2.24) is 10.6 Å². The van der Waals surface area contributed by atoms with E-state index in [-0.39, 0.29) is 22.9 Å². The normalized spacial score (nSPS) is 24.6. The Balaban J connectivity index is 1.29. The van der Waals surface area contributed by atoms with Crippen LogP contribution in [-0.4, -0.2) is 47.3 Å². The first-order chi connectivity index (χ1) is 17.8. The zero-order valence-electron chi connectivity index (χ0n) is 19.8. The van der Waals surface area contributed by atoms with Crippen LogP contribution in [0.1, 0.15) is 37.7 Å². The number of fused-ring (bicyclic) bond motifs is 3. The predicted octanol–water partition coefficient (Wildman–Crippen LogP) is 4.14. The molecule has 3 aliphatic rings. The molecule has 0 unspecified atom stereocenters. The van der Waals surface area contributed by atoms with Crippen LogP contribution in [-0.2, 0) is 15.8 Å². The number of halogens is 6. The van der Waals surface area contributed by atoms with Crippen LogP contribution in [0.15, 0.2) is 36.4 Å². The second-order valence-corrected chi connectivity index (χ2v) is 9.95. The van der Waals surface area contributed by atoms with Crippen molar-refractivity contribution >= 4 is 23.4 Å². The Morgan fingerprint density at radius 1 is 0.921 bits per heavy atom. The number of benzene rings is 2. The number of aliphatic hydroxyl groups excluding tert-OH is 1. The number of hydrogen-bond donors (Lipinski definition) is 3. The summed E-state index contributed by atoms with van der Waals surface area (Å²) in [4.78, 5) is 25.0. The van der Waals surface area contributed by atoms with Gasteiger partial charge in [-0.25, -0.2) is 8.78 Å². The average molecular weight is 563 g/mol. The second kappa shape index (κ2) is 10.6. The van der Waals surface area contributed by atoms with E-state index in [0.717, 1.165) is 12.1 Å². The van der Waals surface area contributed by atoms with E-state index in [2.05, 4.69) is 10.6 Å². The van der Waals surface area contributed by atoms with Crippen molar-refractivity contribution in [2.24, 2.45) is 0 Å². The lowest BCUT2D eigenvalue weighted by atomic mass is 9.60. The summed E-state index contributed by atoms with van der Waals surface area (Å²) in [5, 5.41) is 16.4. The highest BCUT2D eigenvalue weighted by Gasteiger charge is 2.55. The highest BCUT2D eigenvalue weighted by molar-refractivity contribution is 6.30. The molecule has 5 rings (SSSR count). The summed E-state index contributed by atoms with van der Waals surface area (Å²) in [5.74, 6) is -3.46. The molecule has 0 heterocycles. The van der Waals surface area contributed by atoms with Crippen molar-refractivity contribution < 1.29 is 46.1 Å². The van der Waals surface area contributed by atoms with Gasteiger partial charge in [0.15, 0.2) is 13.2 Å². The maximum Gasteiger partial charge on any atom is 0.419 e. The van der Waals surface area contributed by atoms with Crippen molar-refractivity contribution in [3.05, 3.63) is 58.6 Å². The summed E-state index contributed by atoms with van der Waals surface area (Å²) in [5.41, 5.74) is -3.19. The van der Waals surface area contributed by atoms with E-state index >= 15 is 0 Å². The fourth-order valence-corrected chi connectivity index (χ4v) is 5.10. The van der Waals surface area contributed by atoms with Crippen molar-refractivity contribution in [2.75, 3.05) is 13.2 Å². The van der Waals surface area contributed by atoms with Crippen LogP contribution in [0.5, 0.6) is 11.5 Å². The Labute approximate surface area is 219 Å². The van der Waals surface area contributed by atoms with Crippen molar-refractivity contribution in [1.29, 1.82) is 0 Å². The standard InChI is InChI=1S/C25H24ClF5N2O5/c26-17-3-1-15(10-19(17)28)38-13-22(36)33-24-7-5-23(6-8-24,11-20(24)34)32-21(35)12-37-14-2-4-18(27)16(9-14)25(29,30)31/h1-4,9-10,20,34H,5-8,11-13H2,(H,32,35)(H,33,36)/t20-,23?,24?/m0/s1. The summed E-state index contributed by atoms with van der Waals surface area (Å²) in [6, 6.07) is 5.85. The van der Waals surface area contributed by atoms with Gasteiger partial charge in [-0.05, 0) is 62.4 Å². The number of aliphatic hydroxyl groups is 1. The third-order valence-electron chi connectivity index (χ3n) is 6.99. The highest BCUT2D eigenvalue weighted by atomic mass is 35.5. The zero-order valence-corrected chi connectivity index (χ0v) is 20.6. The molecule has 7 nitrogen and oxygen atoms in total. The van der Waals surface area contributed by atoms with Gasteiger partial charge < -0.3 is 25.2 Å². The quantitative estimate of drug-likeness (QED) is 0.420. The van der Waals surface area contributed by atoms with Crippen LogP contribution in [0, 0.1) is 11.6 Å². The number of ether oxygens (including phenoxy) is 2. The minimum atomic E-state index is -4.91. The average Bonchev–Trinajstić information content (AvgIpc) is 2.84. The number of rotatable bonds is 8. The number of amides is 2. The van der Waals surface area contributed by atoms with Gasteiger partial charge in [-0.3, -0.25) is 9.59 Å². The fraction of sp³-hybridized carbons (Fsp3) is 0.440. The molecule has 3 saturated carbocycles. The van der Waals surface area contributed by atoms with Gasteiger partial charge in [0.25, 0.3) is 11.8 Å². The molecular weight excluding hydrogens is 539 g/mol.